The van der Waals surface area contributed by atoms with E-state index < -0.39 is 29.0 Å². The van der Waals surface area contributed by atoms with Crippen molar-refractivity contribution in [2.75, 3.05) is 17.3 Å². The molecule has 0 aliphatic heterocycles. The van der Waals surface area contributed by atoms with Gasteiger partial charge in [-0.3, -0.25) is 9.59 Å². The van der Waals surface area contributed by atoms with Crippen LogP contribution in [0.3, 0.4) is 0 Å². The van der Waals surface area contributed by atoms with E-state index in [0.717, 1.165) is 6.07 Å². The lowest BCUT2D eigenvalue weighted by Gasteiger charge is -2.17. The van der Waals surface area contributed by atoms with Gasteiger partial charge in [0.25, 0.3) is 11.8 Å². The molecule has 0 saturated heterocycles. The Hall–Kier alpha value is -3.61. The zero-order valence-corrected chi connectivity index (χ0v) is 14.7. The Morgan fingerprint density at radius 1 is 0.821 bits per heavy atom. The standard InChI is InChI=1S/C21H15F3N2O2/c1-26(15-8-3-2-4-9-15)21(28)14-7-5-6-13(12-14)20(27)25-17-11-10-16(22)18(23)19(17)24/h2-12H,1H3,(H,25,27). The summed E-state index contributed by atoms with van der Waals surface area (Å²) in [5.41, 5.74) is 0.481. The molecule has 142 valence electrons. The van der Waals surface area contributed by atoms with Crippen LogP contribution in [0.1, 0.15) is 20.7 Å². The molecule has 0 aromatic heterocycles. The van der Waals surface area contributed by atoms with Gasteiger partial charge in [-0.05, 0) is 42.5 Å². The van der Waals surface area contributed by atoms with Gasteiger partial charge in [0.05, 0.1) is 5.69 Å². The molecule has 0 aliphatic carbocycles. The first-order valence-electron chi connectivity index (χ1n) is 8.26. The highest BCUT2D eigenvalue weighted by molar-refractivity contribution is 6.09. The second-order valence-corrected chi connectivity index (χ2v) is 5.96. The Morgan fingerprint density at radius 2 is 1.50 bits per heavy atom. The lowest BCUT2D eigenvalue weighted by molar-refractivity contribution is 0.0993. The highest BCUT2D eigenvalue weighted by Crippen LogP contribution is 2.21. The van der Waals surface area contributed by atoms with E-state index in [2.05, 4.69) is 5.32 Å². The monoisotopic (exact) mass is 384 g/mol. The molecule has 0 bridgehead atoms. The van der Waals surface area contributed by atoms with Crippen LogP contribution >= 0.6 is 0 Å². The lowest BCUT2D eigenvalue weighted by atomic mass is 10.1. The minimum atomic E-state index is -1.67. The quantitative estimate of drug-likeness (QED) is 0.667. The van der Waals surface area contributed by atoms with Crippen LogP contribution in [-0.4, -0.2) is 18.9 Å². The Kier molecular flexibility index (Phi) is 5.44. The first kappa shape index (κ1) is 19.2. The van der Waals surface area contributed by atoms with Crippen LogP contribution in [0.2, 0.25) is 0 Å². The molecule has 0 atom stereocenters. The maximum Gasteiger partial charge on any atom is 0.258 e. The predicted molar refractivity (Wildman–Crippen MR) is 99.9 cm³/mol. The molecule has 0 heterocycles. The fourth-order valence-electron chi connectivity index (χ4n) is 2.57. The first-order chi connectivity index (χ1) is 13.4. The van der Waals surface area contributed by atoms with E-state index in [1.54, 1.807) is 31.3 Å². The van der Waals surface area contributed by atoms with Crippen molar-refractivity contribution in [3.8, 4) is 0 Å². The average molecular weight is 384 g/mol. The van der Waals surface area contributed by atoms with Gasteiger partial charge in [0, 0.05) is 23.9 Å². The van der Waals surface area contributed by atoms with Gasteiger partial charge in [0.2, 0.25) is 0 Å². The van der Waals surface area contributed by atoms with Crippen LogP contribution in [0, 0.1) is 17.5 Å². The molecule has 0 aliphatic rings. The second-order valence-electron chi connectivity index (χ2n) is 5.96. The SMILES string of the molecule is CN(C(=O)c1cccc(C(=O)Nc2ccc(F)c(F)c2F)c1)c1ccccc1. The van der Waals surface area contributed by atoms with Crippen LogP contribution < -0.4 is 10.2 Å². The van der Waals surface area contributed by atoms with Crippen molar-refractivity contribution >= 4 is 23.2 Å². The van der Waals surface area contributed by atoms with E-state index in [0.29, 0.717) is 11.8 Å². The highest BCUT2D eigenvalue weighted by Gasteiger charge is 2.18. The predicted octanol–water partition coefficient (Wildman–Crippen LogP) is 4.63. The molecular weight excluding hydrogens is 369 g/mol. The van der Waals surface area contributed by atoms with E-state index in [4.69, 9.17) is 0 Å². The van der Waals surface area contributed by atoms with Gasteiger partial charge < -0.3 is 10.2 Å². The number of carbonyl (C=O) groups excluding carboxylic acids is 2. The van der Waals surface area contributed by atoms with Crippen LogP contribution in [0.5, 0.6) is 0 Å². The third-order valence-electron chi connectivity index (χ3n) is 4.10. The molecule has 0 saturated carbocycles. The highest BCUT2D eigenvalue weighted by atomic mass is 19.2. The van der Waals surface area contributed by atoms with Gasteiger partial charge in [-0.2, -0.15) is 0 Å². The van der Waals surface area contributed by atoms with Crippen LogP contribution in [-0.2, 0) is 0 Å². The number of nitrogens with one attached hydrogen (secondary N) is 1. The number of para-hydroxylation sites is 1. The van der Waals surface area contributed by atoms with Crippen molar-refractivity contribution in [2.24, 2.45) is 0 Å². The number of rotatable bonds is 4. The summed E-state index contributed by atoms with van der Waals surface area (Å²) < 4.78 is 40.1. The number of halogens is 3. The van der Waals surface area contributed by atoms with Gasteiger partial charge in [0.15, 0.2) is 17.5 Å². The summed E-state index contributed by atoms with van der Waals surface area (Å²) in [6.07, 6.45) is 0. The molecule has 7 heteroatoms. The summed E-state index contributed by atoms with van der Waals surface area (Å²) in [4.78, 5) is 26.4. The van der Waals surface area contributed by atoms with Crippen LogP contribution in [0.4, 0.5) is 24.5 Å². The van der Waals surface area contributed by atoms with E-state index >= 15 is 0 Å². The summed E-state index contributed by atoms with van der Waals surface area (Å²) in [6.45, 7) is 0. The molecule has 0 fully saturated rings. The molecule has 0 radical (unpaired) electrons. The van der Waals surface area contributed by atoms with Gasteiger partial charge >= 0.3 is 0 Å². The maximum absolute atomic E-state index is 13.7. The number of hydrogen-bond acceptors (Lipinski definition) is 2. The molecule has 0 unspecified atom stereocenters. The molecule has 3 aromatic rings. The Labute approximate surface area is 159 Å². The molecule has 4 nitrogen and oxygen atoms in total. The summed E-state index contributed by atoms with van der Waals surface area (Å²) >= 11 is 0. The third-order valence-corrected chi connectivity index (χ3v) is 4.10. The Bertz CT molecular complexity index is 1040. The number of amides is 2. The van der Waals surface area contributed by atoms with Crippen molar-refractivity contribution in [2.45, 2.75) is 0 Å². The van der Waals surface area contributed by atoms with E-state index in [1.807, 2.05) is 6.07 Å². The normalized spacial score (nSPS) is 10.4. The van der Waals surface area contributed by atoms with Crippen molar-refractivity contribution in [3.05, 3.63) is 95.3 Å². The fourth-order valence-corrected chi connectivity index (χ4v) is 2.57. The fraction of sp³-hybridized carbons (Fsp3) is 0.0476. The molecule has 1 N–H and O–H groups in total. The molecule has 3 aromatic carbocycles. The first-order valence-corrected chi connectivity index (χ1v) is 8.26. The van der Waals surface area contributed by atoms with E-state index in [-0.39, 0.29) is 17.0 Å². The minimum Gasteiger partial charge on any atom is -0.319 e. The number of hydrogen-bond donors (Lipinski definition) is 1. The van der Waals surface area contributed by atoms with Crippen molar-refractivity contribution < 1.29 is 22.8 Å². The third kappa shape index (κ3) is 3.88. The van der Waals surface area contributed by atoms with Gasteiger partial charge in [-0.15, -0.1) is 0 Å². The Morgan fingerprint density at radius 3 is 2.21 bits per heavy atom. The second kappa shape index (κ2) is 7.96. The largest absolute Gasteiger partial charge is 0.319 e. The molecule has 0 spiro atoms. The van der Waals surface area contributed by atoms with Gasteiger partial charge in [-0.25, -0.2) is 13.2 Å². The van der Waals surface area contributed by atoms with Gasteiger partial charge in [-0.1, -0.05) is 24.3 Å². The van der Waals surface area contributed by atoms with E-state index in [1.165, 1.54) is 29.2 Å². The lowest BCUT2D eigenvalue weighted by Crippen LogP contribution is -2.26. The zero-order chi connectivity index (χ0) is 20.3. The molecule has 28 heavy (non-hydrogen) atoms. The molecule has 3 rings (SSSR count). The smallest absolute Gasteiger partial charge is 0.258 e. The summed E-state index contributed by atoms with van der Waals surface area (Å²) in [5, 5.41) is 2.18. The van der Waals surface area contributed by atoms with Crippen molar-refractivity contribution in [1.82, 2.24) is 0 Å². The summed E-state index contributed by atoms with van der Waals surface area (Å²) in [6, 6.07) is 16.4. The number of nitrogens with zero attached hydrogens (tertiary/aromatic N) is 1. The molecular formula is C21H15F3N2O2. The summed E-state index contributed by atoms with van der Waals surface area (Å²) in [5.74, 6) is -5.63. The van der Waals surface area contributed by atoms with Gasteiger partial charge in [0.1, 0.15) is 0 Å². The van der Waals surface area contributed by atoms with Crippen molar-refractivity contribution in [1.29, 1.82) is 0 Å². The van der Waals surface area contributed by atoms with Crippen LogP contribution in [0.15, 0.2) is 66.7 Å². The Balaban J connectivity index is 1.82. The summed E-state index contributed by atoms with van der Waals surface area (Å²) in [7, 11) is 1.60. The number of carbonyl (C=O) groups is 2. The average Bonchev–Trinajstić information content (AvgIpc) is 2.73. The molecule has 2 amide bonds. The maximum atomic E-state index is 13.7. The number of benzene rings is 3. The minimum absolute atomic E-state index is 0.0662. The van der Waals surface area contributed by atoms with Crippen LogP contribution in [0.25, 0.3) is 0 Å². The van der Waals surface area contributed by atoms with E-state index in [9.17, 15) is 22.8 Å². The zero-order valence-electron chi connectivity index (χ0n) is 14.7. The number of anilines is 2. The van der Waals surface area contributed by atoms with Crippen molar-refractivity contribution in [3.63, 3.8) is 0 Å². The topological polar surface area (TPSA) is 49.4 Å².